The Morgan fingerprint density at radius 1 is 1.42 bits per heavy atom. The van der Waals surface area contributed by atoms with Crippen LogP contribution in [0.1, 0.15) is 5.56 Å². The summed E-state index contributed by atoms with van der Waals surface area (Å²) in [4.78, 5) is 23.6. The first-order valence-electron chi connectivity index (χ1n) is 6.01. The maximum Gasteiger partial charge on any atom is 0.278 e. The van der Waals surface area contributed by atoms with Gasteiger partial charge in [-0.2, -0.15) is 0 Å². The van der Waals surface area contributed by atoms with Gasteiger partial charge in [-0.05, 0) is 11.9 Å². The molecule has 0 N–H and O–H groups in total. The van der Waals surface area contributed by atoms with Gasteiger partial charge in [0, 0.05) is 37.5 Å². The number of carbonyl (C=O) groups excluding carboxylic acids is 1. The van der Waals surface area contributed by atoms with Crippen LogP contribution in [0.5, 0.6) is 0 Å². The molecule has 19 heavy (non-hydrogen) atoms. The summed E-state index contributed by atoms with van der Waals surface area (Å²) in [5, 5.41) is 19.3. The maximum atomic E-state index is 11.8. The number of nitriles is 1. The van der Waals surface area contributed by atoms with Crippen LogP contribution in [-0.4, -0.2) is 29.0 Å². The Morgan fingerprint density at radius 3 is 2.63 bits per heavy atom. The Hall–Kier alpha value is -2.36. The van der Waals surface area contributed by atoms with Crippen LogP contribution in [0, 0.1) is 21.3 Å². The lowest BCUT2D eigenvalue weighted by molar-refractivity contribution is -0.384. The smallest absolute Gasteiger partial charge is 0.278 e. The molecule has 96 valence electrons. The van der Waals surface area contributed by atoms with Gasteiger partial charge in [0.15, 0.2) is 0 Å². The van der Waals surface area contributed by atoms with Gasteiger partial charge in [-0.1, -0.05) is 12.1 Å². The second kappa shape index (κ2) is 5.52. The molecule has 0 bridgehead atoms. The Morgan fingerprint density at radius 2 is 2.11 bits per heavy atom. The summed E-state index contributed by atoms with van der Waals surface area (Å²) in [5.74, 6) is 2.08. The number of nitrogens with zero attached hydrogens (tertiary/aromatic N) is 3. The first-order valence-corrected chi connectivity index (χ1v) is 6.01. The zero-order valence-electron chi connectivity index (χ0n) is 10.3. The first-order chi connectivity index (χ1) is 9.10. The zero-order chi connectivity index (χ0) is 13.8. The molecular formula is C12H12BN3O3. The highest BCUT2D eigenvalue weighted by Gasteiger charge is 2.28. The third-order valence-electron chi connectivity index (χ3n) is 3.22. The van der Waals surface area contributed by atoms with Gasteiger partial charge in [-0.3, -0.25) is 14.9 Å². The number of benzene rings is 1. The van der Waals surface area contributed by atoms with Crippen molar-refractivity contribution in [3.8, 4) is 5.97 Å². The molecule has 0 unspecified atom stereocenters. The molecule has 7 heteroatoms. The molecule has 1 aromatic rings. The average molecular weight is 257 g/mol. The number of nitro groups is 1. The van der Waals surface area contributed by atoms with Crippen LogP contribution in [-0.2, 0) is 11.3 Å². The molecule has 0 aromatic heterocycles. The van der Waals surface area contributed by atoms with Crippen molar-refractivity contribution < 1.29 is 9.72 Å². The van der Waals surface area contributed by atoms with Crippen molar-refractivity contribution in [1.82, 2.24) is 4.90 Å². The van der Waals surface area contributed by atoms with E-state index in [0.29, 0.717) is 19.4 Å². The van der Waals surface area contributed by atoms with Gasteiger partial charge >= 0.3 is 0 Å². The molecule has 1 aromatic carbocycles. The highest BCUT2D eigenvalue weighted by atomic mass is 16.6. The summed E-state index contributed by atoms with van der Waals surface area (Å²) in [7, 11) is 0. The number of rotatable bonds is 3. The molecule has 1 aliphatic rings. The van der Waals surface area contributed by atoms with Crippen molar-refractivity contribution in [2.75, 3.05) is 6.54 Å². The van der Waals surface area contributed by atoms with Gasteiger partial charge in [0.2, 0.25) is 5.91 Å². The predicted molar refractivity (Wildman–Crippen MR) is 69.5 cm³/mol. The fourth-order valence-electron chi connectivity index (χ4n) is 2.10. The molecule has 6 nitrogen and oxygen atoms in total. The quantitative estimate of drug-likeness (QED) is 0.466. The number of amides is 1. The van der Waals surface area contributed by atoms with Crippen molar-refractivity contribution in [3.05, 3.63) is 39.9 Å². The lowest BCUT2D eigenvalue weighted by atomic mass is 9.45. The summed E-state index contributed by atoms with van der Waals surface area (Å²) >= 11 is 0. The van der Waals surface area contributed by atoms with E-state index >= 15 is 0 Å². The van der Waals surface area contributed by atoms with Gasteiger partial charge in [0.25, 0.3) is 12.4 Å². The molecule has 1 aliphatic heterocycles. The molecule has 0 saturated carbocycles. The second-order valence-electron chi connectivity index (χ2n) is 4.56. The van der Waals surface area contributed by atoms with Gasteiger partial charge in [-0.15, -0.1) is 0 Å². The fraction of sp³-hybridized carbons (Fsp3) is 0.333. The molecule has 0 spiro atoms. The van der Waals surface area contributed by atoms with Crippen LogP contribution in [0.25, 0.3) is 0 Å². The van der Waals surface area contributed by atoms with Gasteiger partial charge in [0.05, 0.1) is 4.92 Å². The van der Waals surface area contributed by atoms with Crippen molar-refractivity contribution in [2.24, 2.45) is 0 Å². The number of hydrogen-bond donors (Lipinski definition) is 0. The molecule has 0 atom stereocenters. The fourth-order valence-corrected chi connectivity index (χ4v) is 2.10. The summed E-state index contributed by atoms with van der Waals surface area (Å²) in [5.41, 5.74) is 0.896. The lowest BCUT2D eigenvalue weighted by Crippen LogP contribution is -2.40. The van der Waals surface area contributed by atoms with Crippen LogP contribution in [0.3, 0.4) is 0 Å². The number of carbonyl (C=O) groups is 1. The van der Waals surface area contributed by atoms with E-state index in [1.165, 1.54) is 12.1 Å². The Bertz CT molecular complexity index is 538. The highest BCUT2D eigenvalue weighted by Crippen LogP contribution is 2.17. The van der Waals surface area contributed by atoms with Crippen molar-refractivity contribution in [3.63, 3.8) is 0 Å². The summed E-state index contributed by atoms with van der Waals surface area (Å²) < 4.78 is 0. The van der Waals surface area contributed by atoms with Crippen LogP contribution >= 0.6 is 0 Å². The highest BCUT2D eigenvalue weighted by molar-refractivity contribution is 6.70. The minimum atomic E-state index is -0.451. The molecular weight excluding hydrogens is 245 g/mol. The molecule has 2 rings (SSSR count). The van der Waals surface area contributed by atoms with Crippen molar-refractivity contribution in [2.45, 2.75) is 19.2 Å². The van der Waals surface area contributed by atoms with Crippen LogP contribution in [0.2, 0.25) is 12.6 Å². The number of non-ortho nitro benzene ring substituents is 1. The van der Waals surface area contributed by atoms with Gasteiger partial charge in [-0.25, -0.2) is 5.26 Å². The van der Waals surface area contributed by atoms with Crippen molar-refractivity contribution >= 4 is 18.3 Å². The molecule has 1 amide bonds. The Kier molecular flexibility index (Phi) is 3.80. The second-order valence-corrected chi connectivity index (χ2v) is 4.56. The summed E-state index contributed by atoms with van der Waals surface area (Å²) in [6.07, 6.45) is 0.957. The Labute approximate surface area is 110 Å². The maximum absolute atomic E-state index is 11.8. The Balaban J connectivity index is 2.00. The van der Waals surface area contributed by atoms with E-state index in [0.717, 1.165) is 5.56 Å². The third kappa shape index (κ3) is 3.10. The summed E-state index contributed by atoms with van der Waals surface area (Å²) in [6.45, 7) is 0.823. The standard InChI is InChI=1S/C12H12BN3O3/c14-9-13-5-6-15(12(17)7-13)8-10-1-3-11(4-2-10)16(18)19/h1-4H,5-8H2. The van der Waals surface area contributed by atoms with Gasteiger partial charge < -0.3 is 4.90 Å². The average Bonchev–Trinajstić information content (AvgIpc) is 2.41. The van der Waals surface area contributed by atoms with Crippen LogP contribution in [0.4, 0.5) is 5.69 Å². The van der Waals surface area contributed by atoms with Crippen LogP contribution in [0.15, 0.2) is 24.3 Å². The van der Waals surface area contributed by atoms with E-state index in [4.69, 9.17) is 5.26 Å². The summed E-state index contributed by atoms with van der Waals surface area (Å²) in [6, 6.07) is 6.17. The number of nitro benzene ring substituents is 1. The predicted octanol–water partition coefficient (Wildman–Crippen LogP) is 1.49. The van der Waals surface area contributed by atoms with Gasteiger partial charge in [0.1, 0.15) is 0 Å². The molecule has 0 radical (unpaired) electrons. The molecule has 0 aliphatic carbocycles. The van der Waals surface area contributed by atoms with Crippen molar-refractivity contribution in [1.29, 1.82) is 5.26 Å². The number of hydrogen-bond acceptors (Lipinski definition) is 4. The first kappa shape index (κ1) is 13.1. The minimum Gasteiger partial charge on any atom is -0.340 e. The normalized spacial score (nSPS) is 15.2. The zero-order valence-corrected chi connectivity index (χ0v) is 10.3. The third-order valence-corrected chi connectivity index (χ3v) is 3.22. The van der Waals surface area contributed by atoms with E-state index < -0.39 is 4.92 Å². The van der Waals surface area contributed by atoms with E-state index in [-0.39, 0.29) is 24.6 Å². The molecule has 1 heterocycles. The monoisotopic (exact) mass is 257 g/mol. The largest absolute Gasteiger partial charge is 0.340 e. The van der Waals surface area contributed by atoms with E-state index in [1.54, 1.807) is 17.0 Å². The lowest BCUT2D eigenvalue weighted by Gasteiger charge is -2.27. The van der Waals surface area contributed by atoms with E-state index in [2.05, 4.69) is 5.97 Å². The molecule has 1 fully saturated rings. The van der Waals surface area contributed by atoms with Crippen LogP contribution < -0.4 is 0 Å². The van der Waals surface area contributed by atoms with E-state index in [1.807, 2.05) is 0 Å². The van der Waals surface area contributed by atoms with E-state index in [9.17, 15) is 14.9 Å². The SMILES string of the molecule is N#CB1CCN(Cc2ccc([N+](=O)[O-])cc2)C(=O)C1. The molecule has 1 saturated heterocycles. The topological polar surface area (TPSA) is 87.2 Å². The minimum absolute atomic E-state index is 0.0313.